The summed E-state index contributed by atoms with van der Waals surface area (Å²) in [4.78, 5) is 3.90. The Morgan fingerprint density at radius 1 is 1.30 bits per heavy atom. The smallest absolute Gasteiger partial charge is 0.211 e. The van der Waals surface area contributed by atoms with Gasteiger partial charge in [0.15, 0.2) is 0 Å². The summed E-state index contributed by atoms with van der Waals surface area (Å²) in [5.41, 5.74) is 0.817. The van der Waals surface area contributed by atoms with Gasteiger partial charge in [-0.3, -0.25) is 4.98 Å². The molecule has 0 radical (unpaired) electrons. The average molecular weight is 300 g/mol. The molecule has 0 saturated heterocycles. The maximum Gasteiger partial charge on any atom is 0.211 e. The largest absolute Gasteiger partial charge is 0.396 e. The number of nitrogens with zero attached hydrogens (tertiary/aromatic N) is 1. The number of aryl methyl sites for hydroxylation is 1. The first kappa shape index (κ1) is 17.1. The molecule has 1 aromatic rings. The highest BCUT2D eigenvalue weighted by Gasteiger charge is 2.20. The zero-order valence-corrected chi connectivity index (χ0v) is 13.0. The van der Waals surface area contributed by atoms with Gasteiger partial charge in [-0.25, -0.2) is 13.1 Å². The Morgan fingerprint density at radius 3 is 2.55 bits per heavy atom. The molecule has 0 aliphatic heterocycles. The predicted molar refractivity (Wildman–Crippen MR) is 79.8 cm³/mol. The summed E-state index contributed by atoms with van der Waals surface area (Å²) >= 11 is 0. The Hall–Kier alpha value is -0.980. The molecule has 0 unspecified atom stereocenters. The first-order valence-corrected chi connectivity index (χ1v) is 8.47. The monoisotopic (exact) mass is 300 g/mol. The molecule has 1 heterocycles. The summed E-state index contributed by atoms with van der Waals surface area (Å²) < 4.78 is 26.5. The van der Waals surface area contributed by atoms with Crippen molar-refractivity contribution in [3.8, 4) is 0 Å². The molecule has 0 aliphatic rings. The van der Waals surface area contributed by atoms with Gasteiger partial charge < -0.3 is 5.11 Å². The molecule has 6 heteroatoms. The molecule has 1 rings (SSSR count). The Bertz CT molecular complexity index is 486. The third-order valence-electron chi connectivity index (χ3n) is 3.19. The second-order valence-electron chi connectivity index (χ2n) is 5.74. The van der Waals surface area contributed by atoms with E-state index in [1.807, 2.05) is 26.0 Å². The van der Waals surface area contributed by atoms with E-state index in [9.17, 15) is 8.42 Å². The number of hydrogen-bond donors (Lipinski definition) is 2. The van der Waals surface area contributed by atoms with Crippen molar-refractivity contribution < 1.29 is 13.5 Å². The molecular formula is C14H24N2O3S. The molecule has 0 aliphatic carbocycles. The van der Waals surface area contributed by atoms with Crippen LogP contribution in [0.25, 0.3) is 0 Å². The lowest BCUT2D eigenvalue weighted by Crippen LogP contribution is -2.35. The van der Waals surface area contributed by atoms with E-state index >= 15 is 0 Å². The van der Waals surface area contributed by atoms with Crippen LogP contribution in [0.4, 0.5) is 0 Å². The molecule has 0 fully saturated rings. The van der Waals surface area contributed by atoms with Crippen LogP contribution in [-0.2, 0) is 16.4 Å². The number of hydrogen-bond acceptors (Lipinski definition) is 4. The van der Waals surface area contributed by atoms with Crippen LogP contribution in [0, 0.1) is 5.41 Å². The number of pyridine rings is 1. The van der Waals surface area contributed by atoms with Gasteiger partial charge in [0, 0.05) is 25.5 Å². The van der Waals surface area contributed by atoms with E-state index in [2.05, 4.69) is 9.71 Å². The first-order chi connectivity index (χ1) is 9.35. The van der Waals surface area contributed by atoms with Gasteiger partial charge in [0.1, 0.15) is 0 Å². The van der Waals surface area contributed by atoms with Gasteiger partial charge in [0.05, 0.1) is 5.75 Å². The highest BCUT2D eigenvalue weighted by atomic mass is 32.2. The maximum absolute atomic E-state index is 11.9. The predicted octanol–water partition coefficient (Wildman–Crippen LogP) is 1.34. The standard InChI is InChI=1S/C14H24N2O3S/c1-14(2,7-3-10-17)12-16-20(18,19)11-6-13-4-8-15-9-5-13/h4-5,8-9,16-17H,3,6-7,10-12H2,1-2H3. The first-order valence-electron chi connectivity index (χ1n) is 6.82. The van der Waals surface area contributed by atoms with E-state index in [4.69, 9.17) is 5.11 Å². The number of aromatic nitrogens is 1. The van der Waals surface area contributed by atoms with Crippen LogP contribution in [0.1, 0.15) is 32.3 Å². The number of sulfonamides is 1. The minimum atomic E-state index is -3.27. The highest BCUT2D eigenvalue weighted by Crippen LogP contribution is 2.21. The van der Waals surface area contributed by atoms with Gasteiger partial charge in [-0.15, -0.1) is 0 Å². The minimum Gasteiger partial charge on any atom is -0.396 e. The van der Waals surface area contributed by atoms with Gasteiger partial charge in [-0.05, 0) is 42.4 Å². The van der Waals surface area contributed by atoms with Crippen LogP contribution in [0.5, 0.6) is 0 Å². The molecule has 5 nitrogen and oxygen atoms in total. The van der Waals surface area contributed by atoms with Crippen LogP contribution >= 0.6 is 0 Å². The summed E-state index contributed by atoms with van der Waals surface area (Å²) in [7, 11) is -3.27. The van der Waals surface area contributed by atoms with E-state index in [0.29, 0.717) is 19.4 Å². The quantitative estimate of drug-likeness (QED) is 0.721. The zero-order chi connectivity index (χ0) is 15.1. The molecule has 2 N–H and O–H groups in total. The molecular weight excluding hydrogens is 276 g/mol. The second kappa shape index (κ2) is 7.71. The second-order valence-corrected chi connectivity index (χ2v) is 7.66. The van der Waals surface area contributed by atoms with Crippen molar-refractivity contribution in [2.45, 2.75) is 33.1 Å². The van der Waals surface area contributed by atoms with Gasteiger partial charge in [-0.2, -0.15) is 0 Å². The van der Waals surface area contributed by atoms with Crippen LogP contribution in [0.15, 0.2) is 24.5 Å². The van der Waals surface area contributed by atoms with E-state index in [0.717, 1.165) is 12.0 Å². The average Bonchev–Trinajstić information content (AvgIpc) is 2.43. The Labute approximate surface area is 121 Å². The van der Waals surface area contributed by atoms with Crippen molar-refractivity contribution in [2.75, 3.05) is 18.9 Å². The lowest BCUT2D eigenvalue weighted by atomic mass is 9.88. The minimum absolute atomic E-state index is 0.0765. The van der Waals surface area contributed by atoms with Gasteiger partial charge >= 0.3 is 0 Å². The molecule has 1 aromatic heterocycles. The maximum atomic E-state index is 11.9. The molecule has 0 saturated carbocycles. The Morgan fingerprint density at radius 2 is 1.95 bits per heavy atom. The SMILES string of the molecule is CC(C)(CCCO)CNS(=O)(=O)CCc1ccncc1. The van der Waals surface area contributed by atoms with E-state index in [1.165, 1.54) is 0 Å². The van der Waals surface area contributed by atoms with Gasteiger partial charge in [0.25, 0.3) is 0 Å². The molecule has 0 atom stereocenters. The normalized spacial score (nSPS) is 12.6. The van der Waals surface area contributed by atoms with Crippen molar-refractivity contribution in [2.24, 2.45) is 5.41 Å². The number of aliphatic hydroxyl groups excluding tert-OH is 1. The fourth-order valence-electron chi connectivity index (χ4n) is 1.83. The summed E-state index contributed by atoms with van der Waals surface area (Å²) in [5.74, 6) is 0.0765. The summed E-state index contributed by atoms with van der Waals surface area (Å²) in [6, 6.07) is 3.64. The van der Waals surface area contributed by atoms with Gasteiger partial charge in [0.2, 0.25) is 10.0 Å². The molecule has 114 valence electrons. The molecule has 0 aromatic carbocycles. The van der Waals surface area contributed by atoms with E-state index in [-0.39, 0.29) is 17.8 Å². The molecule has 0 amide bonds. The number of aliphatic hydroxyl groups is 1. The lowest BCUT2D eigenvalue weighted by molar-refractivity contribution is 0.242. The number of rotatable bonds is 9. The zero-order valence-electron chi connectivity index (χ0n) is 12.2. The summed E-state index contributed by atoms with van der Waals surface area (Å²) in [6.45, 7) is 4.52. The van der Waals surface area contributed by atoms with Crippen molar-refractivity contribution in [1.82, 2.24) is 9.71 Å². The fraction of sp³-hybridized carbons (Fsp3) is 0.643. The van der Waals surface area contributed by atoms with E-state index in [1.54, 1.807) is 12.4 Å². The van der Waals surface area contributed by atoms with Crippen LogP contribution in [0.3, 0.4) is 0 Å². The van der Waals surface area contributed by atoms with Crippen LogP contribution < -0.4 is 4.72 Å². The third-order valence-corrected chi connectivity index (χ3v) is 4.52. The number of nitrogens with one attached hydrogen (secondary N) is 1. The molecule has 0 bridgehead atoms. The van der Waals surface area contributed by atoms with Crippen molar-refractivity contribution >= 4 is 10.0 Å². The van der Waals surface area contributed by atoms with Crippen molar-refractivity contribution in [3.05, 3.63) is 30.1 Å². The Balaban J connectivity index is 2.42. The van der Waals surface area contributed by atoms with Crippen molar-refractivity contribution in [3.63, 3.8) is 0 Å². The summed E-state index contributed by atoms with van der Waals surface area (Å²) in [6.07, 6.45) is 5.28. The molecule has 20 heavy (non-hydrogen) atoms. The topological polar surface area (TPSA) is 79.3 Å². The Kier molecular flexibility index (Phi) is 6.58. The van der Waals surface area contributed by atoms with Crippen LogP contribution in [-0.4, -0.2) is 37.4 Å². The molecule has 0 spiro atoms. The lowest BCUT2D eigenvalue weighted by Gasteiger charge is -2.24. The van der Waals surface area contributed by atoms with Crippen LogP contribution in [0.2, 0.25) is 0 Å². The summed E-state index contributed by atoms with van der Waals surface area (Å²) in [5, 5.41) is 8.82. The third kappa shape index (κ3) is 6.98. The van der Waals surface area contributed by atoms with E-state index < -0.39 is 10.0 Å². The highest BCUT2D eigenvalue weighted by molar-refractivity contribution is 7.89. The van der Waals surface area contributed by atoms with Crippen molar-refractivity contribution in [1.29, 1.82) is 0 Å². The fourth-order valence-corrected chi connectivity index (χ4v) is 3.08. The van der Waals surface area contributed by atoms with Gasteiger partial charge in [-0.1, -0.05) is 13.8 Å².